The lowest BCUT2D eigenvalue weighted by Crippen LogP contribution is -2.48. The topological polar surface area (TPSA) is 74.0 Å². The summed E-state index contributed by atoms with van der Waals surface area (Å²) in [5, 5.41) is 6.96. The summed E-state index contributed by atoms with van der Waals surface area (Å²) in [6.07, 6.45) is 2.55. The molecule has 0 radical (unpaired) electrons. The van der Waals surface area contributed by atoms with E-state index in [1.165, 1.54) is 0 Å². The van der Waals surface area contributed by atoms with Gasteiger partial charge in [0.15, 0.2) is 0 Å². The molecule has 4 rings (SSSR count). The minimum Gasteiger partial charge on any atom is -0.361 e. The third-order valence-corrected chi connectivity index (χ3v) is 5.27. The molecule has 1 heterocycles. The van der Waals surface area contributed by atoms with E-state index >= 15 is 0 Å². The van der Waals surface area contributed by atoms with Crippen LogP contribution in [-0.4, -0.2) is 22.8 Å². The first-order valence-corrected chi connectivity index (χ1v) is 10.4. The zero-order valence-corrected chi connectivity index (χ0v) is 17.2. The molecule has 156 valence electrons. The summed E-state index contributed by atoms with van der Waals surface area (Å²) >= 11 is 0. The molecular formula is C26H25N3O2. The Labute approximate surface area is 181 Å². The number of amides is 2. The van der Waals surface area contributed by atoms with Crippen LogP contribution in [0, 0.1) is 0 Å². The zero-order chi connectivity index (χ0) is 21.5. The van der Waals surface area contributed by atoms with Crippen LogP contribution < -0.4 is 10.6 Å². The van der Waals surface area contributed by atoms with Crippen LogP contribution in [0.2, 0.25) is 0 Å². The van der Waals surface area contributed by atoms with Crippen LogP contribution in [0.3, 0.4) is 0 Å². The van der Waals surface area contributed by atoms with Crippen LogP contribution in [0.15, 0.2) is 91.1 Å². The second kappa shape index (κ2) is 9.76. The second-order valence-corrected chi connectivity index (χ2v) is 7.55. The maximum absolute atomic E-state index is 13.0. The van der Waals surface area contributed by atoms with Crippen LogP contribution in [0.25, 0.3) is 10.9 Å². The van der Waals surface area contributed by atoms with Gasteiger partial charge in [0.2, 0.25) is 11.8 Å². The molecule has 0 saturated heterocycles. The smallest absolute Gasteiger partial charge is 0.243 e. The van der Waals surface area contributed by atoms with E-state index in [0.29, 0.717) is 13.0 Å². The monoisotopic (exact) mass is 411 g/mol. The Morgan fingerprint density at radius 3 is 2.19 bits per heavy atom. The molecule has 2 amide bonds. The number of nitrogens with one attached hydrogen (secondary N) is 3. The van der Waals surface area contributed by atoms with Crippen molar-refractivity contribution in [2.75, 3.05) is 0 Å². The van der Waals surface area contributed by atoms with Crippen molar-refractivity contribution in [2.45, 2.75) is 25.4 Å². The number of fused-ring (bicyclic) bond motifs is 1. The van der Waals surface area contributed by atoms with E-state index in [1.807, 2.05) is 91.1 Å². The van der Waals surface area contributed by atoms with Crippen molar-refractivity contribution in [3.8, 4) is 0 Å². The van der Waals surface area contributed by atoms with Crippen molar-refractivity contribution < 1.29 is 9.59 Å². The fourth-order valence-corrected chi connectivity index (χ4v) is 3.66. The minimum atomic E-state index is -0.667. The van der Waals surface area contributed by atoms with Gasteiger partial charge in [-0.15, -0.1) is 0 Å². The van der Waals surface area contributed by atoms with Gasteiger partial charge in [0, 0.05) is 30.1 Å². The number of H-pyrrole nitrogens is 1. The molecule has 0 bridgehead atoms. The van der Waals surface area contributed by atoms with E-state index in [1.54, 1.807) is 0 Å². The number of carbonyl (C=O) groups is 2. The van der Waals surface area contributed by atoms with Crippen molar-refractivity contribution in [1.82, 2.24) is 15.6 Å². The predicted octanol–water partition coefficient (Wildman–Crippen LogP) is 3.75. The molecule has 5 heteroatoms. The standard InChI is InChI=1S/C26H25N3O2/c30-25(15-19-9-3-1-4-10-19)29-24(26(31)28-17-20-11-5-2-6-12-20)16-21-18-27-23-14-8-7-13-22(21)23/h1-14,18,24,27H,15-17H2,(H,28,31)(H,29,30)/t24-/m1/s1. The molecule has 0 fully saturated rings. The largest absolute Gasteiger partial charge is 0.361 e. The lowest BCUT2D eigenvalue weighted by Gasteiger charge is -2.19. The Bertz CT molecular complexity index is 1150. The van der Waals surface area contributed by atoms with Crippen molar-refractivity contribution >= 4 is 22.7 Å². The highest BCUT2D eigenvalue weighted by Gasteiger charge is 2.22. The summed E-state index contributed by atoms with van der Waals surface area (Å²) in [7, 11) is 0. The summed E-state index contributed by atoms with van der Waals surface area (Å²) in [6.45, 7) is 0.415. The average Bonchev–Trinajstić information content (AvgIpc) is 3.21. The molecule has 0 unspecified atom stereocenters. The Kier molecular flexibility index (Phi) is 6.43. The van der Waals surface area contributed by atoms with Gasteiger partial charge in [-0.1, -0.05) is 78.9 Å². The fourth-order valence-electron chi connectivity index (χ4n) is 3.66. The van der Waals surface area contributed by atoms with Crippen LogP contribution in [0.4, 0.5) is 0 Å². The van der Waals surface area contributed by atoms with E-state index in [2.05, 4.69) is 15.6 Å². The van der Waals surface area contributed by atoms with Gasteiger partial charge >= 0.3 is 0 Å². The number of para-hydroxylation sites is 1. The van der Waals surface area contributed by atoms with Gasteiger partial charge in [-0.05, 0) is 22.8 Å². The molecule has 31 heavy (non-hydrogen) atoms. The van der Waals surface area contributed by atoms with E-state index in [-0.39, 0.29) is 18.2 Å². The Morgan fingerprint density at radius 1 is 0.806 bits per heavy atom. The molecule has 0 aliphatic heterocycles. The summed E-state index contributed by atoms with van der Waals surface area (Å²) in [5.74, 6) is -0.374. The number of aromatic nitrogens is 1. The fraction of sp³-hybridized carbons (Fsp3) is 0.154. The van der Waals surface area contributed by atoms with Gasteiger partial charge in [-0.25, -0.2) is 0 Å². The van der Waals surface area contributed by atoms with Crippen molar-refractivity contribution in [2.24, 2.45) is 0 Å². The average molecular weight is 412 g/mol. The third kappa shape index (κ3) is 5.39. The van der Waals surface area contributed by atoms with Gasteiger partial charge in [-0.3, -0.25) is 9.59 Å². The summed E-state index contributed by atoms with van der Waals surface area (Å²) in [5.41, 5.74) is 3.93. The highest BCUT2D eigenvalue weighted by molar-refractivity contribution is 5.90. The normalized spacial score (nSPS) is 11.7. The van der Waals surface area contributed by atoms with Gasteiger partial charge < -0.3 is 15.6 Å². The molecule has 0 spiro atoms. The maximum Gasteiger partial charge on any atom is 0.243 e. The first-order valence-electron chi connectivity index (χ1n) is 10.4. The summed E-state index contributed by atoms with van der Waals surface area (Å²) in [6, 6.07) is 26.6. The number of carbonyl (C=O) groups excluding carboxylic acids is 2. The SMILES string of the molecule is O=C(Cc1ccccc1)N[C@H](Cc1c[nH]c2ccccc12)C(=O)NCc1ccccc1. The molecule has 3 N–H and O–H groups in total. The lowest BCUT2D eigenvalue weighted by molar-refractivity contribution is -0.128. The third-order valence-electron chi connectivity index (χ3n) is 5.27. The molecule has 1 atom stereocenters. The summed E-state index contributed by atoms with van der Waals surface area (Å²) in [4.78, 5) is 29.0. The molecule has 4 aromatic rings. The highest BCUT2D eigenvalue weighted by Crippen LogP contribution is 2.19. The number of hydrogen-bond donors (Lipinski definition) is 3. The van der Waals surface area contributed by atoms with E-state index in [0.717, 1.165) is 27.6 Å². The van der Waals surface area contributed by atoms with Crippen LogP contribution in [-0.2, 0) is 29.0 Å². The van der Waals surface area contributed by atoms with Crippen LogP contribution >= 0.6 is 0 Å². The summed E-state index contributed by atoms with van der Waals surface area (Å²) < 4.78 is 0. The quantitative estimate of drug-likeness (QED) is 0.413. The number of benzene rings is 3. The zero-order valence-electron chi connectivity index (χ0n) is 17.2. The number of aromatic amines is 1. The van der Waals surface area contributed by atoms with Crippen LogP contribution in [0.1, 0.15) is 16.7 Å². The van der Waals surface area contributed by atoms with E-state index in [4.69, 9.17) is 0 Å². The lowest BCUT2D eigenvalue weighted by atomic mass is 10.0. The van der Waals surface area contributed by atoms with E-state index < -0.39 is 6.04 Å². The van der Waals surface area contributed by atoms with E-state index in [9.17, 15) is 9.59 Å². The van der Waals surface area contributed by atoms with Crippen molar-refractivity contribution in [3.05, 3.63) is 108 Å². The van der Waals surface area contributed by atoms with Gasteiger partial charge in [0.05, 0.1) is 6.42 Å². The maximum atomic E-state index is 13.0. The predicted molar refractivity (Wildman–Crippen MR) is 122 cm³/mol. The number of rotatable bonds is 8. The molecule has 0 aliphatic rings. The molecular weight excluding hydrogens is 386 g/mol. The minimum absolute atomic E-state index is 0.175. The van der Waals surface area contributed by atoms with Crippen LogP contribution in [0.5, 0.6) is 0 Å². The molecule has 5 nitrogen and oxygen atoms in total. The van der Waals surface area contributed by atoms with Gasteiger partial charge in [-0.2, -0.15) is 0 Å². The van der Waals surface area contributed by atoms with Gasteiger partial charge in [0.25, 0.3) is 0 Å². The first-order chi connectivity index (χ1) is 15.2. The van der Waals surface area contributed by atoms with Crippen molar-refractivity contribution in [3.63, 3.8) is 0 Å². The Balaban J connectivity index is 1.49. The molecule has 1 aromatic heterocycles. The van der Waals surface area contributed by atoms with Crippen molar-refractivity contribution in [1.29, 1.82) is 0 Å². The second-order valence-electron chi connectivity index (χ2n) is 7.55. The Morgan fingerprint density at radius 2 is 1.45 bits per heavy atom. The first kappa shape index (κ1) is 20.4. The Hall–Kier alpha value is -3.86. The highest BCUT2D eigenvalue weighted by atomic mass is 16.2. The van der Waals surface area contributed by atoms with Gasteiger partial charge in [0.1, 0.15) is 6.04 Å². The number of hydrogen-bond acceptors (Lipinski definition) is 2. The molecule has 0 aliphatic carbocycles. The molecule has 0 saturated carbocycles. The molecule has 3 aromatic carbocycles.